The highest BCUT2D eigenvalue weighted by Gasteiger charge is 2.34. The van der Waals surface area contributed by atoms with Gasteiger partial charge in [-0.2, -0.15) is 5.26 Å². The molecular formula is C7H11NO3. The van der Waals surface area contributed by atoms with Gasteiger partial charge in [-0.1, -0.05) is 0 Å². The average molecular weight is 157 g/mol. The van der Waals surface area contributed by atoms with Crippen LogP contribution >= 0.6 is 0 Å². The third-order valence-electron chi connectivity index (χ3n) is 1.40. The van der Waals surface area contributed by atoms with Crippen molar-refractivity contribution in [2.45, 2.75) is 20.0 Å². The van der Waals surface area contributed by atoms with Crippen LogP contribution in [0.1, 0.15) is 13.8 Å². The lowest BCUT2D eigenvalue weighted by Crippen LogP contribution is -2.36. The van der Waals surface area contributed by atoms with Crippen LogP contribution in [0.15, 0.2) is 0 Å². The van der Waals surface area contributed by atoms with E-state index in [9.17, 15) is 4.79 Å². The van der Waals surface area contributed by atoms with Gasteiger partial charge in [0.05, 0.1) is 18.6 Å². The molecule has 1 atom stereocenters. The number of nitrogens with zero attached hydrogens (tertiary/aromatic N) is 1. The van der Waals surface area contributed by atoms with Gasteiger partial charge in [-0.15, -0.1) is 0 Å². The molecule has 0 rings (SSSR count). The largest absolute Gasteiger partial charge is 0.467 e. The fourth-order valence-corrected chi connectivity index (χ4v) is 0.467. The molecule has 0 aromatic rings. The molecule has 0 aliphatic rings. The van der Waals surface area contributed by atoms with Crippen LogP contribution in [0.3, 0.4) is 0 Å². The number of aliphatic hydroxyl groups is 1. The Morgan fingerprint density at radius 2 is 2.18 bits per heavy atom. The van der Waals surface area contributed by atoms with Crippen molar-refractivity contribution in [3.05, 3.63) is 0 Å². The Labute approximate surface area is 65.4 Å². The van der Waals surface area contributed by atoms with Crippen molar-refractivity contribution in [3.8, 4) is 6.07 Å². The zero-order valence-corrected chi connectivity index (χ0v) is 6.79. The SMILES string of the molecule is COC(=O)C(O)C(C)(C)C#N. The molecule has 0 saturated heterocycles. The summed E-state index contributed by atoms with van der Waals surface area (Å²) < 4.78 is 4.26. The molecule has 0 aliphatic heterocycles. The number of nitriles is 1. The number of methoxy groups -OCH3 is 1. The molecule has 1 unspecified atom stereocenters. The summed E-state index contributed by atoms with van der Waals surface area (Å²) in [6, 6.07) is 1.81. The molecular weight excluding hydrogens is 146 g/mol. The van der Waals surface area contributed by atoms with Gasteiger partial charge in [0.1, 0.15) is 0 Å². The minimum atomic E-state index is -1.38. The molecule has 4 heteroatoms. The molecule has 0 bridgehead atoms. The Morgan fingerprint density at radius 3 is 2.45 bits per heavy atom. The lowest BCUT2D eigenvalue weighted by atomic mass is 9.88. The number of rotatable bonds is 2. The van der Waals surface area contributed by atoms with Crippen molar-refractivity contribution < 1.29 is 14.6 Å². The van der Waals surface area contributed by atoms with Gasteiger partial charge in [-0.05, 0) is 13.8 Å². The molecule has 0 aromatic carbocycles. The van der Waals surface area contributed by atoms with E-state index >= 15 is 0 Å². The normalized spacial score (nSPS) is 13.4. The summed E-state index contributed by atoms with van der Waals surface area (Å²) in [5.41, 5.74) is -1.09. The van der Waals surface area contributed by atoms with E-state index in [4.69, 9.17) is 10.4 Å². The predicted octanol–water partition coefficient (Wildman–Crippen LogP) is 0.0701. The van der Waals surface area contributed by atoms with Gasteiger partial charge in [-0.25, -0.2) is 4.79 Å². The average Bonchev–Trinajstić information content (AvgIpc) is 2.01. The van der Waals surface area contributed by atoms with Crippen LogP contribution in [-0.2, 0) is 9.53 Å². The quantitative estimate of drug-likeness (QED) is 0.576. The number of ether oxygens (including phenoxy) is 1. The van der Waals surface area contributed by atoms with Crippen molar-refractivity contribution in [1.29, 1.82) is 5.26 Å². The lowest BCUT2D eigenvalue weighted by molar-refractivity contribution is -0.154. The van der Waals surface area contributed by atoms with E-state index in [1.165, 1.54) is 21.0 Å². The third kappa shape index (κ3) is 2.20. The Morgan fingerprint density at radius 1 is 1.73 bits per heavy atom. The van der Waals surface area contributed by atoms with Crippen LogP contribution in [0.4, 0.5) is 0 Å². The zero-order chi connectivity index (χ0) is 9.07. The number of esters is 1. The number of carbonyl (C=O) groups excluding carboxylic acids is 1. The zero-order valence-electron chi connectivity index (χ0n) is 6.79. The maximum Gasteiger partial charge on any atom is 0.336 e. The number of hydrogen-bond donors (Lipinski definition) is 1. The highest BCUT2D eigenvalue weighted by atomic mass is 16.5. The van der Waals surface area contributed by atoms with E-state index in [0.717, 1.165) is 0 Å². The standard InChI is InChI=1S/C7H11NO3/c1-7(2,4-8)5(9)6(10)11-3/h5,9H,1-3H3. The first-order valence-corrected chi connectivity index (χ1v) is 3.13. The number of aliphatic hydroxyl groups excluding tert-OH is 1. The summed E-state index contributed by atoms with van der Waals surface area (Å²) in [4.78, 5) is 10.7. The van der Waals surface area contributed by atoms with Gasteiger partial charge in [0.15, 0.2) is 6.10 Å². The molecule has 0 heterocycles. The van der Waals surface area contributed by atoms with Crippen molar-refractivity contribution in [3.63, 3.8) is 0 Å². The maximum absolute atomic E-state index is 10.7. The molecule has 0 aliphatic carbocycles. The summed E-state index contributed by atoms with van der Waals surface area (Å²) in [7, 11) is 1.17. The monoisotopic (exact) mass is 157 g/mol. The van der Waals surface area contributed by atoms with Crippen LogP contribution in [0.5, 0.6) is 0 Å². The molecule has 4 nitrogen and oxygen atoms in total. The molecule has 0 amide bonds. The first-order chi connectivity index (χ1) is 4.95. The van der Waals surface area contributed by atoms with E-state index in [1.807, 2.05) is 0 Å². The van der Waals surface area contributed by atoms with Gasteiger partial charge in [-0.3, -0.25) is 0 Å². The molecule has 0 aromatic heterocycles. The lowest BCUT2D eigenvalue weighted by Gasteiger charge is -2.19. The van der Waals surface area contributed by atoms with Crippen LogP contribution in [0.25, 0.3) is 0 Å². The van der Waals surface area contributed by atoms with E-state index in [0.29, 0.717) is 0 Å². The molecule has 0 saturated carbocycles. The Kier molecular flexibility index (Phi) is 3.02. The van der Waals surface area contributed by atoms with Gasteiger partial charge < -0.3 is 9.84 Å². The highest BCUT2D eigenvalue weighted by molar-refractivity contribution is 5.75. The molecule has 0 radical (unpaired) electrons. The predicted molar refractivity (Wildman–Crippen MR) is 37.4 cm³/mol. The van der Waals surface area contributed by atoms with Crippen LogP contribution < -0.4 is 0 Å². The molecule has 62 valence electrons. The van der Waals surface area contributed by atoms with Gasteiger partial charge in [0.2, 0.25) is 0 Å². The van der Waals surface area contributed by atoms with Gasteiger partial charge in [0.25, 0.3) is 0 Å². The van der Waals surface area contributed by atoms with Crippen molar-refractivity contribution in [1.82, 2.24) is 0 Å². The second-order valence-corrected chi connectivity index (χ2v) is 2.76. The second kappa shape index (κ2) is 3.35. The highest BCUT2D eigenvalue weighted by Crippen LogP contribution is 2.19. The van der Waals surface area contributed by atoms with E-state index in [2.05, 4.69) is 4.74 Å². The summed E-state index contributed by atoms with van der Waals surface area (Å²) in [6.45, 7) is 2.93. The Bertz CT molecular complexity index is 192. The first kappa shape index (κ1) is 9.92. The summed E-state index contributed by atoms with van der Waals surface area (Å²) in [6.07, 6.45) is -1.38. The van der Waals surface area contributed by atoms with Crippen LogP contribution in [0.2, 0.25) is 0 Å². The van der Waals surface area contributed by atoms with Gasteiger partial charge in [0, 0.05) is 0 Å². The fraction of sp³-hybridized carbons (Fsp3) is 0.714. The van der Waals surface area contributed by atoms with Crippen LogP contribution in [-0.4, -0.2) is 24.3 Å². The fourth-order valence-electron chi connectivity index (χ4n) is 0.467. The Hall–Kier alpha value is -1.08. The number of hydrogen-bond acceptors (Lipinski definition) is 4. The topological polar surface area (TPSA) is 70.3 Å². The smallest absolute Gasteiger partial charge is 0.336 e. The molecule has 11 heavy (non-hydrogen) atoms. The van der Waals surface area contributed by atoms with Crippen molar-refractivity contribution >= 4 is 5.97 Å². The minimum Gasteiger partial charge on any atom is -0.467 e. The Balaban J connectivity index is 4.38. The molecule has 0 fully saturated rings. The van der Waals surface area contributed by atoms with E-state index in [1.54, 1.807) is 6.07 Å². The minimum absolute atomic E-state index is 0.781. The van der Waals surface area contributed by atoms with Crippen LogP contribution in [0, 0.1) is 16.7 Å². The summed E-state index contributed by atoms with van der Waals surface area (Å²) >= 11 is 0. The van der Waals surface area contributed by atoms with E-state index in [-0.39, 0.29) is 0 Å². The van der Waals surface area contributed by atoms with Gasteiger partial charge >= 0.3 is 5.97 Å². The first-order valence-electron chi connectivity index (χ1n) is 3.13. The van der Waals surface area contributed by atoms with E-state index < -0.39 is 17.5 Å². The summed E-state index contributed by atoms with van der Waals surface area (Å²) in [5.74, 6) is -0.781. The van der Waals surface area contributed by atoms with Crippen molar-refractivity contribution in [2.75, 3.05) is 7.11 Å². The third-order valence-corrected chi connectivity index (χ3v) is 1.40. The summed E-state index contributed by atoms with van der Waals surface area (Å²) in [5, 5.41) is 17.6. The molecule has 0 spiro atoms. The second-order valence-electron chi connectivity index (χ2n) is 2.76. The maximum atomic E-state index is 10.7. The molecule has 1 N–H and O–H groups in total. The number of carbonyl (C=O) groups is 1. The van der Waals surface area contributed by atoms with Crippen molar-refractivity contribution in [2.24, 2.45) is 5.41 Å².